The third-order valence-electron chi connectivity index (χ3n) is 0.927. The van der Waals surface area contributed by atoms with Crippen LogP contribution in [0, 0.1) is 0 Å². The van der Waals surface area contributed by atoms with Gasteiger partial charge in [0.15, 0.2) is 0 Å². The summed E-state index contributed by atoms with van der Waals surface area (Å²) in [5.74, 6) is -0.647. The second-order valence-corrected chi connectivity index (χ2v) is 3.09. The zero-order valence-electron chi connectivity index (χ0n) is 6.12. The number of nitrogens with one attached hydrogen (secondary N) is 1. The van der Waals surface area contributed by atoms with Gasteiger partial charge in [0.25, 0.3) is 5.91 Å². The second kappa shape index (κ2) is 4.01. The molecule has 1 amide bonds. The fraction of sp³-hybridized carbons (Fsp3) is 0.250. The van der Waals surface area contributed by atoms with Crippen molar-refractivity contribution in [2.24, 2.45) is 0 Å². The molecule has 1 radical (unpaired) electrons. The van der Waals surface area contributed by atoms with Crippen LogP contribution in [0.3, 0.4) is 0 Å². The van der Waals surface area contributed by atoms with E-state index in [0.29, 0.717) is 0 Å². The van der Waals surface area contributed by atoms with Crippen LogP contribution in [-0.4, -0.2) is 65.7 Å². The van der Waals surface area contributed by atoms with E-state index in [-0.39, 0.29) is 57.0 Å². The average molecular weight is 202 g/mol. The molecule has 0 aromatic carbocycles. The smallest absolute Gasteiger partial charge is 0.374 e. The minimum atomic E-state index is -3.84. The molecule has 7 heteroatoms. The van der Waals surface area contributed by atoms with Crippen molar-refractivity contribution in [1.29, 1.82) is 0 Å². The van der Waals surface area contributed by atoms with E-state index in [0.717, 1.165) is 6.26 Å². The predicted molar refractivity (Wildman–Crippen MR) is 37.7 cm³/mol. The van der Waals surface area contributed by atoms with E-state index in [1.54, 1.807) is 4.72 Å². The summed E-state index contributed by atoms with van der Waals surface area (Å²) in [7, 11) is -3.84. The SMILES string of the molecule is CC1=COS(=O)(=O)NC1=O.[K]. The van der Waals surface area contributed by atoms with Gasteiger partial charge in [-0.3, -0.25) is 4.79 Å². The number of hydrogen-bond donors (Lipinski definition) is 1. The van der Waals surface area contributed by atoms with Crippen LogP contribution in [0.1, 0.15) is 6.92 Å². The Morgan fingerprint density at radius 2 is 2.09 bits per heavy atom. The van der Waals surface area contributed by atoms with E-state index in [2.05, 4.69) is 4.18 Å². The van der Waals surface area contributed by atoms with Crippen molar-refractivity contribution in [3.05, 3.63) is 11.8 Å². The minimum Gasteiger partial charge on any atom is -0.374 e. The maximum Gasteiger partial charge on any atom is 0.409 e. The van der Waals surface area contributed by atoms with Gasteiger partial charge in [-0.2, -0.15) is 8.42 Å². The molecule has 11 heavy (non-hydrogen) atoms. The first kappa shape index (κ1) is 11.6. The van der Waals surface area contributed by atoms with Gasteiger partial charge >= 0.3 is 10.3 Å². The van der Waals surface area contributed by atoms with Crippen LogP contribution in [-0.2, 0) is 19.3 Å². The zero-order chi connectivity index (χ0) is 7.78. The molecule has 1 N–H and O–H groups in total. The van der Waals surface area contributed by atoms with Gasteiger partial charge in [0.05, 0.1) is 5.57 Å². The van der Waals surface area contributed by atoms with Crippen LogP contribution >= 0.6 is 0 Å². The van der Waals surface area contributed by atoms with Crippen molar-refractivity contribution < 1.29 is 17.4 Å². The van der Waals surface area contributed by atoms with Gasteiger partial charge in [0.1, 0.15) is 6.26 Å². The third kappa shape index (κ3) is 3.22. The molecule has 0 fully saturated rings. The normalized spacial score (nSPS) is 20.5. The Balaban J connectivity index is 0.000001000. The van der Waals surface area contributed by atoms with E-state index in [1.807, 2.05) is 0 Å². The van der Waals surface area contributed by atoms with Crippen molar-refractivity contribution >= 4 is 67.6 Å². The van der Waals surface area contributed by atoms with Gasteiger partial charge in [0.2, 0.25) is 0 Å². The van der Waals surface area contributed by atoms with Crippen molar-refractivity contribution in [2.75, 3.05) is 0 Å². The molecule has 5 nitrogen and oxygen atoms in total. The van der Waals surface area contributed by atoms with Crippen LogP contribution in [0.4, 0.5) is 0 Å². The van der Waals surface area contributed by atoms with Crippen LogP contribution in [0.5, 0.6) is 0 Å². The monoisotopic (exact) mass is 202 g/mol. The van der Waals surface area contributed by atoms with Gasteiger partial charge in [-0.25, -0.2) is 4.72 Å². The van der Waals surface area contributed by atoms with Crippen LogP contribution < -0.4 is 4.72 Å². The molecule has 0 saturated carbocycles. The number of amides is 1. The van der Waals surface area contributed by atoms with E-state index in [1.165, 1.54) is 6.92 Å². The maximum atomic E-state index is 10.6. The summed E-state index contributed by atoms with van der Waals surface area (Å²) in [6, 6.07) is 0. The molecular formula is C4H5KNO4S. The largest absolute Gasteiger partial charge is 0.409 e. The van der Waals surface area contributed by atoms with E-state index < -0.39 is 16.2 Å². The van der Waals surface area contributed by atoms with Gasteiger partial charge in [0, 0.05) is 51.4 Å². The number of rotatable bonds is 0. The molecule has 57 valence electrons. The van der Waals surface area contributed by atoms with Gasteiger partial charge < -0.3 is 4.18 Å². The Kier molecular flexibility index (Phi) is 4.23. The van der Waals surface area contributed by atoms with Gasteiger partial charge in [-0.15, -0.1) is 0 Å². The molecular weight excluding hydrogens is 197 g/mol. The van der Waals surface area contributed by atoms with Gasteiger partial charge in [-0.1, -0.05) is 0 Å². The summed E-state index contributed by atoms with van der Waals surface area (Å²) in [6.07, 6.45) is 0.897. The van der Waals surface area contributed by atoms with E-state index in [4.69, 9.17) is 0 Å². The van der Waals surface area contributed by atoms with Crippen molar-refractivity contribution in [1.82, 2.24) is 4.72 Å². The number of hydrogen-bond acceptors (Lipinski definition) is 4. The first-order valence-electron chi connectivity index (χ1n) is 2.43. The number of carbonyl (C=O) groups is 1. The Hall–Kier alpha value is 0.596. The molecule has 1 heterocycles. The Labute approximate surface area is 107 Å². The average Bonchev–Trinajstić information content (AvgIpc) is 1.79. The summed E-state index contributed by atoms with van der Waals surface area (Å²) in [6.45, 7) is 1.45. The first-order chi connectivity index (χ1) is 4.51. The van der Waals surface area contributed by atoms with Crippen molar-refractivity contribution in [2.45, 2.75) is 6.92 Å². The maximum absolute atomic E-state index is 10.6. The van der Waals surface area contributed by atoms with Crippen LogP contribution in [0.2, 0.25) is 0 Å². The molecule has 0 saturated heterocycles. The molecule has 0 atom stereocenters. The summed E-state index contributed by atoms with van der Waals surface area (Å²) in [4.78, 5) is 10.6. The quantitative estimate of drug-likeness (QED) is 0.506. The topological polar surface area (TPSA) is 72.5 Å². The number of carbonyl (C=O) groups excluding carboxylic acids is 1. The molecule has 0 unspecified atom stereocenters. The summed E-state index contributed by atoms with van der Waals surface area (Å²) >= 11 is 0. The van der Waals surface area contributed by atoms with Crippen molar-refractivity contribution in [3.63, 3.8) is 0 Å². The second-order valence-electron chi connectivity index (χ2n) is 1.78. The third-order valence-corrected chi connectivity index (χ3v) is 1.71. The standard InChI is InChI=1S/C4H5NO4S.K/c1-3-2-9-10(7,8)5-4(3)6;/h2H,1H3,(H,5,6);. The molecule has 0 aromatic heterocycles. The Bertz CT molecular complexity index is 293. The fourth-order valence-electron chi connectivity index (χ4n) is 0.407. The predicted octanol–water partition coefficient (Wildman–Crippen LogP) is -1.10. The molecule has 0 spiro atoms. The first-order valence-corrected chi connectivity index (χ1v) is 3.84. The van der Waals surface area contributed by atoms with Crippen LogP contribution in [0.15, 0.2) is 11.8 Å². The Morgan fingerprint density at radius 3 is 2.45 bits per heavy atom. The van der Waals surface area contributed by atoms with E-state index in [9.17, 15) is 13.2 Å². The Morgan fingerprint density at radius 1 is 1.55 bits per heavy atom. The molecule has 0 aliphatic carbocycles. The van der Waals surface area contributed by atoms with Crippen molar-refractivity contribution in [3.8, 4) is 0 Å². The molecule has 1 rings (SSSR count). The molecule has 1 aliphatic heterocycles. The minimum absolute atomic E-state index is 0. The summed E-state index contributed by atoms with van der Waals surface area (Å²) in [5.41, 5.74) is 0.231. The van der Waals surface area contributed by atoms with Crippen LogP contribution in [0.25, 0.3) is 0 Å². The summed E-state index contributed by atoms with van der Waals surface area (Å²) < 4.78 is 26.6. The van der Waals surface area contributed by atoms with Gasteiger partial charge in [-0.05, 0) is 6.92 Å². The zero-order valence-corrected chi connectivity index (χ0v) is 10.1. The summed E-state index contributed by atoms with van der Waals surface area (Å²) in [5, 5.41) is 0. The molecule has 0 bridgehead atoms. The molecule has 0 aromatic rings. The molecule has 1 aliphatic rings. The fourth-order valence-corrected chi connectivity index (χ4v) is 1.11. The van der Waals surface area contributed by atoms with E-state index >= 15 is 0 Å².